The molecular formula is C16H20N2O6. The van der Waals surface area contributed by atoms with Gasteiger partial charge >= 0.3 is 12.1 Å². The Labute approximate surface area is 139 Å². The summed E-state index contributed by atoms with van der Waals surface area (Å²) in [4.78, 5) is 22.5. The van der Waals surface area contributed by atoms with Crippen LogP contribution in [-0.2, 0) is 9.53 Å². The quantitative estimate of drug-likeness (QED) is 0.509. The Balaban J connectivity index is 1.91. The number of amides is 1. The van der Waals surface area contributed by atoms with Crippen LogP contribution in [0.1, 0.15) is 27.7 Å². The number of ether oxygens (including phenoxy) is 3. The molecule has 1 N–H and O–H groups in total. The van der Waals surface area contributed by atoms with Gasteiger partial charge < -0.3 is 24.1 Å². The summed E-state index contributed by atoms with van der Waals surface area (Å²) in [5.74, 6) is 0.203. The Morgan fingerprint density at radius 3 is 2.71 bits per heavy atom. The van der Waals surface area contributed by atoms with Crippen molar-refractivity contribution < 1.29 is 28.3 Å². The molecule has 1 aromatic heterocycles. The molecule has 0 aliphatic heterocycles. The van der Waals surface area contributed by atoms with E-state index in [0.717, 1.165) is 0 Å². The van der Waals surface area contributed by atoms with Gasteiger partial charge in [0.25, 0.3) is 5.88 Å². The number of aromatic nitrogens is 1. The van der Waals surface area contributed by atoms with Crippen molar-refractivity contribution in [3.63, 3.8) is 0 Å². The summed E-state index contributed by atoms with van der Waals surface area (Å²) in [5.41, 5.74) is -0.0543. The number of rotatable bonds is 5. The van der Waals surface area contributed by atoms with E-state index in [9.17, 15) is 9.59 Å². The van der Waals surface area contributed by atoms with Crippen LogP contribution in [-0.4, -0.2) is 36.0 Å². The van der Waals surface area contributed by atoms with Crippen molar-refractivity contribution in [3.05, 3.63) is 18.2 Å². The molecule has 130 valence electrons. The molecule has 0 bridgehead atoms. The first-order chi connectivity index (χ1) is 11.2. The van der Waals surface area contributed by atoms with Crippen molar-refractivity contribution in [2.24, 2.45) is 0 Å². The third-order valence-corrected chi connectivity index (χ3v) is 2.68. The first-order valence-electron chi connectivity index (χ1n) is 7.42. The van der Waals surface area contributed by atoms with Crippen molar-refractivity contribution in [2.75, 3.05) is 13.2 Å². The van der Waals surface area contributed by atoms with Gasteiger partial charge in [-0.15, -0.1) is 0 Å². The standard InChI is InChI=1S/C16H20N2O6/c1-10(19)22-11-5-6-13-12(9-11)14(18-24-13)21-8-7-17-15(20)23-16(2,3)4/h5-6,9H,7-8H2,1-4H3,(H,17,20). The third-order valence-electron chi connectivity index (χ3n) is 2.68. The predicted molar refractivity (Wildman–Crippen MR) is 85.0 cm³/mol. The molecule has 0 saturated heterocycles. The van der Waals surface area contributed by atoms with Crippen molar-refractivity contribution in [3.8, 4) is 11.6 Å². The minimum Gasteiger partial charge on any atom is -0.473 e. The number of carbonyl (C=O) groups excluding carboxylic acids is 2. The lowest BCUT2D eigenvalue weighted by Gasteiger charge is -2.19. The molecule has 0 atom stereocenters. The third kappa shape index (κ3) is 5.15. The Hall–Kier alpha value is -2.77. The number of fused-ring (bicyclic) bond motifs is 1. The van der Waals surface area contributed by atoms with Crippen LogP contribution in [0.5, 0.6) is 11.6 Å². The average molecular weight is 336 g/mol. The summed E-state index contributed by atoms with van der Waals surface area (Å²) >= 11 is 0. The SMILES string of the molecule is CC(=O)Oc1ccc2onc(OCCNC(=O)OC(C)(C)C)c2c1. The highest BCUT2D eigenvalue weighted by molar-refractivity contribution is 5.84. The normalized spacial score (nSPS) is 11.2. The van der Waals surface area contributed by atoms with E-state index in [0.29, 0.717) is 16.7 Å². The molecule has 2 aromatic rings. The van der Waals surface area contributed by atoms with E-state index in [1.165, 1.54) is 6.92 Å². The van der Waals surface area contributed by atoms with Crippen molar-refractivity contribution in [1.82, 2.24) is 10.5 Å². The fraction of sp³-hybridized carbons (Fsp3) is 0.438. The van der Waals surface area contributed by atoms with Crippen LogP contribution in [0.15, 0.2) is 22.7 Å². The second kappa shape index (κ2) is 7.20. The maximum atomic E-state index is 11.5. The van der Waals surface area contributed by atoms with Crippen LogP contribution >= 0.6 is 0 Å². The van der Waals surface area contributed by atoms with Gasteiger partial charge in [0.2, 0.25) is 0 Å². The lowest BCUT2D eigenvalue weighted by atomic mass is 10.2. The number of hydrogen-bond acceptors (Lipinski definition) is 7. The van der Waals surface area contributed by atoms with E-state index in [4.69, 9.17) is 18.7 Å². The van der Waals surface area contributed by atoms with Gasteiger partial charge in [-0.05, 0) is 44.1 Å². The highest BCUT2D eigenvalue weighted by Crippen LogP contribution is 2.28. The molecule has 0 radical (unpaired) electrons. The highest BCUT2D eigenvalue weighted by atomic mass is 16.6. The zero-order chi connectivity index (χ0) is 17.7. The Morgan fingerprint density at radius 2 is 2.04 bits per heavy atom. The number of nitrogens with zero attached hydrogens (tertiary/aromatic N) is 1. The van der Waals surface area contributed by atoms with Crippen LogP contribution in [0, 0.1) is 0 Å². The summed E-state index contributed by atoms with van der Waals surface area (Å²) in [6.07, 6.45) is -0.520. The van der Waals surface area contributed by atoms with Crippen LogP contribution in [0.3, 0.4) is 0 Å². The van der Waals surface area contributed by atoms with Crippen LogP contribution in [0.25, 0.3) is 11.0 Å². The van der Waals surface area contributed by atoms with Gasteiger partial charge in [0.05, 0.1) is 11.9 Å². The molecule has 0 fully saturated rings. The molecule has 0 spiro atoms. The van der Waals surface area contributed by atoms with E-state index in [1.807, 2.05) is 0 Å². The van der Waals surface area contributed by atoms with Gasteiger partial charge in [-0.1, -0.05) is 0 Å². The van der Waals surface area contributed by atoms with Crippen molar-refractivity contribution in [2.45, 2.75) is 33.3 Å². The maximum absolute atomic E-state index is 11.5. The molecule has 8 nitrogen and oxygen atoms in total. The van der Waals surface area contributed by atoms with Gasteiger partial charge in [-0.2, -0.15) is 0 Å². The van der Waals surface area contributed by atoms with Gasteiger partial charge in [0.1, 0.15) is 18.0 Å². The number of alkyl carbamates (subject to hydrolysis) is 1. The fourth-order valence-corrected chi connectivity index (χ4v) is 1.84. The molecule has 0 saturated carbocycles. The zero-order valence-corrected chi connectivity index (χ0v) is 14.0. The summed E-state index contributed by atoms with van der Waals surface area (Å²) in [6, 6.07) is 4.83. The highest BCUT2D eigenvalue weighted by Gasteiger charge is 2.16. The summed E-state index contributed by atoms with van der Waals surface area (Å²) in [5, 5.41) is 6.96. The van der Waals surface area contributed by atoms with Gasteiger partial charge in [0, 0.05) is 6.92 Å². The van der Waals surface area contributed by atoms with Gasteiger partial charge in [0.15, 0.2) is 5.58 Å². The summed E-state index contributed by atoms with van der Waals surface area (Å²) in [7, 11) is 0. The molecule has 0 aliphatic rings. The van der Waals surface area contributed by atoms with Crippen LogP contribution in [0.4, 0.5) is 4.79 Å². The van der Waals surface area contributed by atoms with Crippen LogP contribution in [0.2, 0.25) is 0 Å². The number of benzene rings is 1. The molecule has 2 rings (SSSR count). The monoisotopic (exact) mass is 336 g/mol. The number of hydrogen-bond donors (Lipinski definition) is 1. The molecular weight excluding hydrogens is 316 g/mol. The van der Waals surface area contributed by atoms with E-state index >= 15 is 0 Å². The molecule has 1 aromatic carbocycles. The first kappa shape index (κ1) is 17.6. The summed E-state index contributed by atoms with van der Waals surface area (Å²) < 4.78 is 20.7. The molecule has 24 heavy (non-hydrogen) atoms. The van der Waals surface area contributed by atoms with Crippen molar-refractivity contribution in [1.29, 1.82) is 0 Å². The topological polar surface area (TPSA) is 99.9 Å². The van der Waals surface area contributed by atoms with E-state index < -0.39 is 17.7 Å². The zero-order valence-electron chi connectivity index (χ0n) is 14.0. The Morgan fingerprint density at radius 1 is 1.29 bits per heavy atom. The Kier molecular flexibility index (Phi) is 5.28. The van der Waals surface area contributed by atoms with E-state index in [-0.39, 0.29) is 19.0 Å². The van der Waals surface area contributed by atoms with E-state index in [2.05, 4.69) is 10.5 Å². The van der Waals surface area contributed by atoms with Gasteiger partial charge in [-0.25, -0.2) is 4.79 Å². The minimum atomic E-state index is -0.555. The fourth-order valence-electron chi connectivity index (χ4n) is 1.84. The lowest BCUT2D eigenvalue weighted by Crippen LogP contribution is -2.34. The second-order valence-corrected chi connectivity index (χ2v) is 6.02. The van der Waals surface area contributed by atoms with Crippen molar-refractivity contribution >= 4 is 23.0 Å². The number of nitrogens with one attached hydrogen (secondary N) is 1. The van der Waals surface area contributed by atoms with Crippen LogP contribution < -0.4 is 14.8 Å². The van der Waals surface area contributed by atoms with Gasteiger partial charge in [-0.3, -0.25) is 4.79 Å². The molecule has 8 heteroatoms. The molecule has 0 aliphatic carbocycles. The Bertz CT molecular complexity index is 732. The largest absolute Gasteiger partial charge is 0.473 e. The minimum absolute atomic E-state index is 0.179. The first-order valence-corrected chi connectivity index (χ1v) is 7.42. The predicted octanol–water partition coefficient (Wildman–Crippen LogP) is 2.66. The molecule has 1 amide bonds. The second-order valence-electron chi connectivity index (χ2n) is 6.02. The maximum Gasteiger partial charge on any atom is 0.407 e. The number of carbonyl (C=O) groups is 2. The summed E-state index contributed by atoms with van der Waals surface area (Å²) in [6.45, 7) is 7.09. The lowest BCUT2D eigenvalue weighted by molar-refractivity contribution is -0.131. The van der Waals surface area contributed by atoms with E-state index in [1.54, 1.807) is 39.0 Å². The smallest absolute Gasteiger partial charge is 0.407 e. The number of esters is 1. The molecule has 0 unspecified atom stereocenters. The molecule has 1 heterocycles. The average Bonchev–Trinajstić information content (AvgIpc) is 2.83.